The number of nitrogens with one attached hydrogen (secondary N) is 2. The van der Waals surface area contributed by atoms with Crippen LogP contribution in [0.25, 0.3) is 0 Å². The fourth-order valence-electron chi connectivity index (χ4n) is 3.87. The van der Waals surface area contributed by atoms with Crippen LogP contribution in [0.2, 0.25) is 5.02 Å². The van der Waals surface area contributed by atoms with Crippen LogP contribution in [0.4, 0.5) is 5.69 Å². The molecule has 3 aromatic rings. The summed E-state index contributed by atoms with van der Waals surface area (Å²) in [6.45, 7) is 4.43. The number of anilines is 1. The smallest absolute Gasteiger partial charge is 0.255 e. The molecule has 0 radical (unpaired) electrons. The van der Waals surface area contributed by atoms with Gasteiger partial charge in [-0.25, -0.2) is 0 Å². The molecule has 1 aliphatic rings. The van der Waals surface area contributed by atoms with Gasteiger partial charge in [-0.2, -0.15) is 0 Å². The van der Waals surface area contributed by atoms with Crippen LogP contribution in [0, 0.1) is 0 Å². The van der Waals surface area contributed by atoms with E-state index in [9.17, 15) is 14.4 Å². The van der Waals surface area contributed by atoms with Crippen molar-refractivity contribution in [3.8, 4) is 0 Å². The van der Waals surface area contributed by atoms with Crippen LogP contribution in [-0.2, 0) is 11.3 Å². The number of carbonyl (C=O) groups is 3. The van der Waals surface area contributed by atoms with Gasteiger partial charge in [0.15, 0.2) is 0 Å². The van der Waals surface area contributed by atoms with Crippen molar-refractivity contribution in [3.63, 3.8) is 0 Å². The SMILES string of the molecule is CC[C@H](C)NC(=O)c1ccccc1NC(=O)c1ccc([C@@H]2SCC(=O)N2Cc2ccc(Cl)cc2)cc1. The largest absolute Gasteiger partial charge is 0.350 e. The number of para-hydroxylation sites is 1. The fourth-order valence-corrected chi connectivity index (χ4v) is 5.19. The van der Waals surface area contributed by atoms with Crippen LogP contribution in [-0.4, -0.2) is 34.4 Å². The van der Waals surface area contributed by atoms with Gasteiger partial charge in [0.2, 0.25) is 5.91 Å². The van der Waals surface area contributed by atoms with Crippen molar-refractivity contribution in [1.82, 2.24) is 10.2 Å². The molecule has 6 nitrogen and oxygen atoms in total. The number of rotatable bonds is 8. The molecule has 0 aliphatic carbocycles. The summed E-state index contributed by atoms with van der Waals surface area (Å²) >= 11 is 7.55. The minimum Gasteiger partial charge on any atom is -0.350 e. The maximum Gasteiger partial charge on any atom is 0.255 e. The molecule has 0 spiro atoms. The van der Waals surface area contributed by atoms with E-state index in [-0.39, 0.29) is 29.1 Å². The molecule has 1 saturated heterocycles. The van der Waals surface area contributed by atoms with Gasteiger partial charge in [0.1, 0.15) is 5.37 Å². The molecule has 4 rings (SSSR count). The summed E-state index contributed by atoms with van der Waals surface area (Å²) in [5.41, 5.74) is 3.30. The van der Waals surface area contributed by atoms with Crippen molar-refractivity contribution in [2.75, 3.05) is 11.1 Å². The highest BCUT2D eigenvalue weighted by Crippen LogP contribution is 2.39. The molecule has 0 bridgehead atoms. The maximum absolute atomic E-state index is 13.0. The lowest BCUT2D eigenvalue weighted by molar-refractivity contribution is -0.128. The number of halogens is 1. The molecule has 8 heteroatoms. The Labute approximate surface area is 220 Å². The average molecular weight is 522 g/mol. The lowest BCUT2D eigenvalue weighted by Gasteiger charge is -2.24. The summed E-state index contributed by atoms with van der Waals surface area (Å²) in [5, 5.41) is 6.32. The molecule has 186 valence electrons. The Morgan fingerprint density at radius 2 is 1.72 bits per heavy atom. The third-order valence-corrected chi connectivity index (χ3v) is 7.61. The van der Waals surface area contributed by atoms with Crippen molar-refractivity contribution >= 4 is 46.8 Å². The van der Waals surface area contributed by atoms with Crippen molar-refractivity contribution in [2.24, 2.45) is 0 Å². The van der Waals surface area contributed by atoms with Gasteiger partial charge in [-0.05, 0) is 60.9 Å². The number of hydrogen-bond donors (Lipinski definition) is 2. The maximum atomic E-state index is 13.0. The van der Waals surface area contributed by atoms with Crippen LogP contribution in [0.5, 0.6) is 0 Å². The van der Waals surface area contributed by atoms with E-state index in [0.717, 1.165) is 17.5 Å². The number of nitrogens with zero attached hydrogens (tertiary/aromatic N) is 1. The van der Waals surface area contributed by atoms with Crippen molar-refractivity contribution < 1.29 is 14.4 Å². The molecule has 1 heterocycles. The van der Waals surface area contributed by atoms with Crippen LogP contribution < -0.4 is 10.6 Å². The molecule has 3 amide bonds. The first-order chi connectivity index (χ1) is 17.4. The molecule has 3 aromatic carbocycles. The van der Waals surface area contributed by atoms with E-state index in [1.54, 1.807) is 48.2 Å². The standard InChI is InChI=1S/C28H28ClN3O3S/c1-3-18(2)30-27(35)23-6-4-5-7-24(23)31-26(34)20-10-12-21(13-11-20)28-32(25(33)17-36-28)16-19-8-14-22(29)15-9-19/h4-15,18,28H,3,16-17H2,1-2H3,(H,30,35)(H,31,34)/t18-,28-/m0/s1. The summed E-state index contributed by atoms with van der Waals surface area (Å²) in [4.78, 5) is 40.0. The quantitative estimate of drug-likeness (QED) is 0.387. The zero-order valence-electron chi connectivity index (χ0n) is 20.2. The van der Waals surface area contributed by atoms with E-state index in [1.807, 2.05) is 55.1 Å². The first kappa shape index (κ1) is 25.8. The van der Waals surface area contributed by atoms with E-state index in [0.29, 0.717) is 34.1 Å². The van der Waals surface area contributed by atoms with E-state index in [4.69, 9.17) is 11.6 Å². The van der Waals surface area contributed by atoms with Gasteiger partial charge in [0.05, 0.1) is 17.0 Å². The summed E-state index contributed by atoms with van der Waals surface area (Å²) in [5.74, 6) is -0.0393. The molecule has 36 heavy (non-hydrogen) atoms. The van der Waals surface area contributed by atoms with E-state index in [1.165, 1.54) is 0 Å². The van der Waals surface area contributed by atoms with Crippen LogP contribution in [0.1, 0.15) is 57.5 Å². The second kappa shape index (κ2) is 11.6. The van der Waals surface area contributed by atoms with Crippen molar-refractivity contribution in [1.29, 1.82) is 0 Å². The van der Waals surface area contributed by atoms with Crippen molar-refractivity contribution in [2.45, 2.75) is 38.2 Å². The molecule has 1 fully saturated rings. The molecule has 1 aliphatic heterocycles. The predicted octanol–water partition coefficient (Wildman–Crippen LogP) is 5.89. The molecule has 0 aromatic heterocycles. The van der Waals surface area contributed by atoms with Gasteiger partial charge >= 0.3 is 0 Å². The lowest BCUT2D eigenvalue weighted by atomic mass is 10.1. The van der Waals surface area contributed by atoms with E-state index < -0.39 is 0 Å². The second-order valence-corrected chi connectivity index (χ2v) is 10.2. The van der Waals surface area contributed by atoms with Gasteiger partial charge in [0.25, 0.3) is 11.8 Å². The Kier molecular flexibility index (Phi) is 8.33. The highest BCUT2D eigenvalue weighted by Gasteiger charge is 2.32. The molecule has 0 saturated carbocycles. The fraction of sp³-hybridized carbons (Fsp3) is 0.250. The average Bonchev–Trinajstić information content (AvgIpc) is 3.25. The zero-order valence-corrected chi connectivity index (χ0v) is 21.7. The number of thioether (sulfide) groups is 1. The summed E-state index contributed by atoms with van der Waals surface area (Å²) in [7, 11) is 0. The summed E-state index contributed by atoms with van der Waals surface area (Å²) in [6, 6.07) is 21.7. The Bertz CT molecular complexity index is 1250. The number of amides is 3. The molecule has 2 N–H and O–H groups in total. The molecular formula is C28H28ClN3O3S. The van der Waals surface area contributed by atoms with Crippen LogP contribution in [0.15, 0.2) is 72.8 Å². The summed E-state index contributed by atoms with van der Waals surface area (Å²) < 4.78 is 0. The first-order valence-corrected chi connectivity index (χ1v) is 13.2. The Hall–Kier alpha value is -3.29. The highest BCUT2D eigenvalue weighted by molar-refractivity contribution is 8.00. The van der Waals surface area contributed by atoms with Gasteiger partial charge < -0.3 is 15.5 Å². The van der Waals surface area contributed by atoms with E-state index in [2.05, 4.69) is 10.6 Å². The number of carbonyl (C=O) groups excluding carboxylic acids is 3. The number of benzene rings is 3. The topological polar surface area (TPSA) is 78.5 Å². The van der Waals surface area contributed by atoms with Gasteiger partial charge in [-0.3, -0.25) is 14.4 Å². The Balaban J connectivity index is 1.46. The van der Waals surface area contributed by atoms with Crippen molar-refractivity contribution in [3.05, 3.63) is 100 Å². The molecular weight excluding hydrogens is 494 g/mol. The monoisotopic (exact) mass is 521 g/mol. The minimum absolute atomic E-state index is 0.0356. The second-order valence-electron chi connectivity index (χ2n) is 8.72. The third kappa shape index (κ3) is 6.09. The molecule has 0 unspecified atom stereocenters. The summed E-state index contributed by atoms with van der Waals surface area (Å²) in [6.07, 6.45) is 0.814. The van der Waals surface area contributed by atoms with Gasteiger partial charge in [-0.15, -0.1) is 11.8 Å². The van der Waals surface area contributed by atoms with Crippen LogP contribution in [0.3, 0.4) is 0 Å². The number of hydrogen-bond acceptors (Lipinski definition) is 4. The highest BCUT2D eigenvalue weighted by atomic mass is 35.5. The predicted molar refractivity (Wildman–Crippen MR) is 145 cm³/mol. The first-order valence-electron chi connectivity index (χ1n) is 11.8. The van der Waals surface area contributed by atoms with Crippen LogP contribution >= 0.6 is 23.4 Å². The minimum atomic E-state index is -0.307. The normalized spacial score (nSPS) is 16.0. The Morgan fingerprint density at radius 1 is 1.03 bits per heavy atom. The Morgan fingerprint density at radius 3 is 2.42 bits per heavy atom. The van der Waals surface area contributed by atoms with E-state index >= 15 is 0 Å². The lowest BCUT2D eigenvalue weighted by Crippen LogP contribution is -2.32. The van der Waals surface area contributed by atoms with Gasteiger partial charge in [0, 0.05) is 23.2 Å². The third-order valence-electron chi connectivity index (χ3n) is 6.10. The molecule has 2 atom stereocenters. The van der Waals surface area contributed by atoms with Gasteiger partial charge in [-0.1, -0.05) is 54.9 Å². The zero-order chi connectivity index (χ0) is 25.7.